The number of rotatable bonds is 6. The maximum Gasteiger partial charge on any atom is 0.256 e. The standard InChI is InChI=1S/C23H29N5O3S/c1-17-15-27(12-11-26(17)2)23(29)20-13-19(25-32(3,30)31)14-21-22(20)28(16-24-21)10-9-18-7-5-4-6-8-18/h4-8,13-14,16-17,25H,9-12,15H2,1-3H3. The van der Waals surface area contributed by atoms with Crippen molar-refractivity contribution in [2.75, 3.05) is 37.7 Å². The Balaban J connectivity index is 1.72. The number of amides is 1. The van der Waals surface area contributed by atoms with Crippen molar-refractivity contribution in [3.63, 3.8) is 0 Å². The summed E-state index contributed by atoms with van der Waals surface area (Å²) in [5.74, 6) is -0.103. The highest BCUT2D eigenvalue weighted by atomic mass is 32.2. The third kappa shape index (κ3) is 4.94. The second-order valence-electron chi connectivity index (χ2n) is 8.52. The number of hydrogen-bond donors (Lipinski definition) is 1. The number of likely N-dealkylation sites (N-methyl/N-ethyl adjacent to an activating group) is 1. The largest absolute Gasteiger partial charge is 0.336 e. The van der Waals surface area contributed by atoms with E-state index in [9.17, 15) is 13.2 Å². The van der Waals surface area contributed by atoms with E-state index in [1.807, 2.05) is 27.7 Å². The lowest BCUT2D eigenvalue weighted by Crippen LogP contribution is -2.52. The Morgan fingerprint density at radius 2 is 1.94 bits per heavy atom. The molecule has 0 radical (unpaired) electrons. The predicted molar refractivity (Wildman–Crippen MR) is 126 cm³/mol. The molecule has 1 amide bonds. The molecule has 1 aliphatic heterocycles. The van der Waals surface area contributed by atoms with E-state index < -0.39 is 10.0 Å². The second-order valence-corrected chi connectivity index (χ2v) is 10.3. The number of hydrogen-bond acceptors (Lipinski definition) is 5. The van der Waals surface area contributed by atoms with Crippen LogP contribution >= 0.6 is 0 Å². The molecule has 4 rings (SSSR count). The highest BCUT2D eigenvalue weighted by Gasteiger charge is 2.27. The molecule has 32 heavy (non-hydrogen) atoms. The molecule has 0 spiro atoms. The molecule has 3 aromatic rings. The molecule has 0 aliphatic carbocycles. The van der Waals surface area contributed by atoms with Crippen LogP contribution in [0.4, 0.5) is 5.69 Å². The fraction of sp³-hybridized carbons (Fsp3) is 0.391. The molecule has 1 aromatic heterocycles. The predicted octanol–water partition coefficient (Wildman–Crippen LogP) is 2.43. The molecule has 2 aromatic carbocycles. The summed E-state index contributed by atoms with van der Waals surface area (Å²) >= 11 is 0. The molecule has 1 N–H and O–H groups in total. The topological polar surface area (TPSA) is 87.5 Å². The summed E-state index contributed by atoms with van der Waals surface area (Å²) < 4.78 is 28.1. The lowest BCUT2D eigenvalue weighted by Gasteiger charge is -2.37. The number of anilines is 1. The fourth-order valence-electron chi connectivity index (χ4n) is 4.11. The van der Waals surface area contributed by atoms with Gasteiger partial charge in [0.05, 0.1) is 34.9 Å². The number of imidazole rings is 1. The van der Waals surface area contributed by atoms with Gasteiger partial charge in [0, 0.05) is 32.2 Å². The van der Waals surface area contributed by atoms with E-state index in [0.29, 0.717) is 36.4 Å². The lowest BCUT2D eigenvalue weighted by molar-refractivity contribution is 0.0574. The van der Waals surface area contributed by atoms with Crippen molar-refractivity contribution in [3.05, 3.63) is 59.9 Å². The van der Waals surface area contributed by atoms with Crippen LogP contribution in [0, 0.1) is 0 Å². The number of piperazine rings is 1. The Hall–Kier alpha value is -2.91. The Kier molecular flexibility index (Phi) is 6.21. The van der Waals surface area contributed by atoms with E-state index in [1.54, 1.807) is 18.5 Å². The molecule has 1 saturated heterocycles. The highest BCUT2D eigenvalue weighted by molar-refractivity contribution is 7.92. The molecule has 1 unspecified atom stereocenters. The first-order valence-corrected chi connectivity index (χ1v) is 12.6. The first-order valence-electron chi connectivity index (χ1n) is 10.7. The number of sulfonamides is 1. The molecule has 1 fully saturated rings. The smallest absolute Gasteiger partial charge is 0.256 e. The zero-order valence-electron chi connectivity index (χ0n) is 18.7. The molecular weight excluding hydrogens is 426 g/mol. The van der Waals surface area contributed by atoms with E-state index in [0.717, 1.165) is 24.7 Å². The molecule has 170 valence electrons. The quantitative estimate of drug-likeness (QED) is 0.617. The van der Waals surface area contributed by atoms with Gasteiger partial charge in [0.1, 0.15) is 0 Å². The van der Waals surface area contributed by atoms with Crippen molar-refractivity contribution >= 4 is 32.7 Å². The first kappa shape index (κ1) is 22.3. The number of aromatic nitrogens is 2. The van der Waals surface area contributed by atoms with Crippen LogP contribution in [0.3, 0.4) is 0 Å². The van der Waals surface area contributed by atoms with Crippen LogP contribution < -0.4 is 4.72 Å². The van der Waals surface area contributed by atoms with Crippen molar-refractivity contribution < 1.29 is 13.2 Å². The van der Waals surface area contributed by atoms with Gasteiger partial charge in [0.2, 0.25) is 10.0 Å². The number of carbonyl (C=O) groups excluding carboxylic acids is 1. The van der Waals surface area contributed by atoms with Gasteiger partial charge in [-0.3, -0.25) is 9.52 Å². The molecule has 9 heteroatoms. The fourth-order valence-corrected chi connectivity index (χ4v) is 4.66. The zero-order chi connectivity index (χ0) is 22.9. The van der Waals surface area contributed by atoms with Crippen molar-refractivity contribution in [2.24, 2.45) is 0 Å². The van der Waals surface area contributed by atoms with Crippen LogP contribution in [0.1, 0.15) is 22.8 Å². The molecule has 1 atom stereocenters. The summed E-state index contributed by atoms with van der Waals surface area (Å²) in [5, 5.41) is 0. The van der Waals surface area contributed by atoms with E-state index in [2.05, 4.69) is 40.7 Å². The summed E-state index contributed by atoms with van der Waals surface area (Å²) in [5.41, 5.74) is 3.34. The van der Waals surface area contributed by atoms with Crippen LogP contribution in [-0.4, -0.2) is 72.7 Å². The maximum absolute atomic E-state index is 13.6. The summed E-state index contributed by atoms with van der Waals surface area (Å²) in [4.78, 5) is 22.2. The van der Waals surface area contributed by atoms with E-state index >= 15 is 0 Å². The highest BCUT2D eigenvalue weighted by Crippen LogP contribution is 2.26. The minimum Gasteiger partial charge on any atom is -0.336 e. The Bertz CT molecular complexity index is 1220. The third-order valence-corrected chi connectivity index (χ3v) is 6.58. The van der Waals surface area contributed by atoms with Gasteiger partial charge in [-0.1, -0.05) is 30.3 Å². The summed E-state index contributed by atoms with van der Waals surface area (Å²) in [7, 11) is -1.43. The maximum atomic E-state index is 13.6. The van der Waals surface area contributed by atoms with Crippen LogP contribution in [0.5, 0.6) is 0 Å². The van der Waals surface area contributed by atoms with Crippen molar-refractivity contribution in [3.8, 4) is 0 Å². The van der Waals surface area contributed by atoms with Crippen molar-refractivity contribution in [1.82, 2.24) is 19.4 Å². The van der Waals surface area contributed by atoms with Gasteiger partial charge in [0.15, 0.2) is 0 Å². The van der Waals surface area contributed by atoms with Gasteiger partial charge in [-0.25, -0.2) is 13.4 Å². The SMILES string of the molecule is CC1CN(C(=O)c2cc(NS(C)(=O)=O)cc3ncn(CCc4ccccc4)c23)CCN1C. The molecule has 2 heterocycles. The van der Waals surface area contributed by atoms with Gasteiger partial charge < -0.3 is 14.4 Å². The molecule has 0 bridgehead atoms. The number of nitrogens with one attached hydrogen (secondary N) is 1. The van der Waals surface area contributed by atoms with Gasteiger partial charge in [-0.2, -0.15) is 0 Å². The monoisotopic (exact) mass is 455 g/mol. The second kappa shape index (κ2) is 8.91. The molecular formula is C23H29N5O3S. The van der Waals surface area contributed by atoms with E-state index in [1.165, 1.54) is 5.56 Å². The Morgan fingerprint density at radius 1 is 1.19 bits per heavy atom. The van der Waals surface area contributed by atoms with Gasteiger partial charge in [0.25, 0.3) is 5.91 Å². The number of fused-ring (bicyclic) bond motifs is 1. The third-order valence-electron chi connectivity index (χ3n) is 5.98. The van der Waals surface area contributed by atoms with Crippen molar-refractivity contribution in [2.45, 2.75) is 25.9 Å². The molecule has 1 aliphatic rings. The zero-order valence-corrected chi connectivity index (χ0v) is 19.5. The summed E-state index contributed by atoms with van der Waals surface area (Å²) in [6.45, 7) is 4.81. The van der Waals surface area contributed by atoms with Crippen LogP contribution in [-0.2, 0) is 23.0 Å². The van der Waals surface area contributed by atoms with E-state index in [4.69, 9.17) is 0 Å². The number of carbonyl (C=O) groups is 1. The first-order chi connectivity index (χ1) is 15.2. The minimum absolute atomic E-state index is 0.103. The number of benzene rings is 2. The number of nitrogens with zero attached hydrogens (tertiary/aromatic N) is 4. The van der Waals surface area contributed by atoms with Crippen LogP contribution in [0.15, 0.2) is 48.8 Å². The van der Waals surface area contributed by atoms with Crippen LogP contribution in [0.25, 0.3) is 11.0 Å². The average Bonchev–Trinajstić information content (AvgIpc) is 3.15. The average molecular weight is 456 g/mol. The normalized spacial score (nSPS) is 17.6. The molecule has 8 nitrogen and oxygen atoms in total. The Labute approximate surface area is 188 Å². The number of aryl methyl sites for hydroxylation is 2. The Morgan fingerprint density at radius 3 is 2.62 bits per heavy atom. The summed E-state index contributed by atoms with van der Waals surface area (Å²) in [6.07, 6.45) is 3.62. The van der Waals surface area contributed by atoms with Gasteiger partial charge >= 0.3 is 0 Å². The lowest BCUT2D eigenvalue weighted by atomic mass is 10.1. The molecule has 0 saturated carbocycles. The van der Waals surface area contributed by atoms with E-state index in [-0.39, 0.29) is 11.9 Å². The minimum atomic E-state index is -3.48. The van der Waals surface area contributed by atoms with Gasteiger partial charge in [-0.15, -0.1) is 0 Å². The van der Waals surface area contributed by atoms with Crippen LogP contribution in [0.2, 0.25) is 0 Å². The van der Waals surface area contributed by atoms with Gasteiger partial charge in [-0.05, 0) is 38.1 Å². The summed E-state index contributed by atoms with van der Waals surface area (Å²) in [6, 6.07) is 13.7. The van der Waals surface area contributed by atoms with Crippen molar-refractivity contribution in [1.29, 1.82) is 0 Å².